The van der Waals surface area contributed by atoms with E-state index in [1.54, 1.807) is 0 Å². The van der Waals surface area contributed by atoms with Crippen molar-refractivity contribution in [3.8, 4) is 0 Å². The third-order valence-electron chi connectivity index (χ3n) is 5.92. The molecular formula is C22H34N2O2. The molecule has 2 fully saturated rings. The number of piperidine rings is 1. The Hall–Kier alpha value is -1.39. The minimum atomic E-state index is 0.0458. The number of nitrogens with one attached hydrogen (secondary N) is 1. The molecule has 0 saturated carbocycles. The van der Waals surface area contributed by atoms with Gasteiger partial charge in [-0.25, -0.2) is 0 Å². The first-order valence-electron chi connectivity index (χ1n) is 10.3. The Labute approximate surface area is 158 Å². The summed E-state index contributed by atoms with van der Waals surface area (Å²) in [6.45, 7) is 7.98. The molecular weight excluding hydrogens is 324 g/mol. The highest BCUT2D eigenvalue weighted by Gasteiger charge is 2.42. The highest BCUT2D eigenvalue weighted by Crippen LogP contribution is 2.38. The molecule has 2 aliphatic heterocycles. The van der Waals surface area contributed by atoms with Crippen LogP contribution in [0.5, 0.6) is 0 Å². The Bertz CT molecular complexity index is 565. The zero-order valence-corrected chi connectivity index (χ0v) is 16.4. The maximum absolute atomic E-state index is 11.7. The standard InChI is InChI=1S/C22H34N2O2/c1-18(2)21(25)23-17-20-10-11-22(26-20)12-15-24(16-13-22)14-6-9-19-7-4-3-5-8-19/h3-5,7-8,18,20H,6,9-17H2,1-2H3,(H,23,25)/t20-/m1/s1. The van der Waals surface area contributed by atoms with Gasteiger partial charge < -0.3 is 15.0 Å². The summed E-state index contributed by atoms with van der Waals surface area (Å²) in [6.07, 6.45) is 7.07. The minimum absolute atomic E-state index is 0.0458. The first-order valence-corrected chi connectivity index (χ1v) is 10.3. The van der Waals surface area contributed by atoms with Crippen LogP contribution >= 0.6 is 0 Å². The van der Waals surface area contributed by atoms with E-state index in [1.165, 1.54) is 18.5 Å². The van der Waals surface area contributed by atoms with E-state index in [0.29, 0.717) is 6.54 Å². The number of rotatable bonds is 7. The largest absolute Gasteiger partial charge is 0.370 e. The lowest BCUT2D eigenvalue weighted by Crippen LogP contribution is -2.45. The molecule has 2 saturated heterocycles. The Kier molecular flexibility index (Phi) is 6.71. The number of nitrogens with zero attached hydrogens (tertiary/aromatic N) is 1. The molecule has 26 heavy (non-hydrogen) atoms. The van der Waals surface area contributed by atoms with Crippen LogP contribution in [-0.2, 0) is 16.0 Å². The molecule has 1 atom stereocenters. The molecule has 0 bridgehead atoms. The second kappa shape index (κ2) is 9.01. The number of ether oxygens (including phenoxy) is 1. The van der Waals surface area contributed by atoms with Gasteiger partial charge in [0, 0.05) is 25.6 Å². The van der Waals surface area contributed by atoms with Crippen LogP contribution in [0.4, 0.5) is 0 Å². The Morgan fingerprint density at radius 1 is 1.23 bits per heavy atom. The number of amides is 1. The maximum atomic E-state index is 11.7. The van der Waals surface area contributed by atoms with Crippen LogP contribution in [0.2, 0.25) is 0 Å². The number of hydrogen-bond donors (Lipinski definition) is 1. The number of likely N-dealkylation sites (tertiary alicyclic amines) is 1. The van der Waals surface area contributed by atoms with Crippen LogP contribution < -0.4 is 5.32 Å². The van der Waals surface area contributed by atoms with E-state index >= 15 is 0 Å². The average Bonchev–Trinajstić information content (AvgIpc) is 3.05. The SMILES string of the molecule is CC(C)C(=O)NC[C@H]1CCC2(CCN(CCCc3ccccc3)CC2)O1. The van der Waals surface area contributed by atoms with Gasteiger partial charge in [-0.2, -0.15) is 0 Å². The Balaban J connectivity index is 1.35. The minimum Gasteiger partial charge on any atom is -0.370 e. The summed E-state index contributed by atoms with van der Waals surface area (Å²) in [5, 5.41) is 3.02. The first kappa shape index (κ1) is 19.4. The van der Waals surface area contributed by atoms with Gasteiger partial charge in [0.1, 0.15) is 0 Å². The molecule has 0 aliphatic carbocycles. The predicted octanol–water partition coefficient (Wildman–Crippen LogP) is 3.41. The lowest BCUT2D eigenvalue weighted by Gasteiger charge is -2.39. The molecule has 1 aromatic carbocycles. The summed E-state index contributed by atoms with van der Waals surface area (Å²) in [6, 6.07) is 10.8. The van der Waals surface area contributed by atoms with E-state index < -0.39 is 0 Å². The number of carbonyl (C=O) groups excluding carboxylic acids is 1. The fourth-order valence-electron chi connectivity index (χ4n) is 4.16. The molecule has 4 heteroatoms. The molecule has 1 spiro atoms. The van der Waals surface area contributed by atoms with Crippen molar-refractivity contribution in [2.45, 2.75) is 64.1 Å². The lowest BCUT2D eigenvalue weighted by atomic mass is 9.88. The molecule has 2 aliphatic rings. The Morgan fingerprint density at radius 3 is 2.65 bits per heavy atom. The van der Waals surface area contributed by atoms with Crippen LogP contribution in [0.3, 0.4) is 0 Å². The van der Waals surface area contributed by atoms with Gasteiger partial charge in [-0.3, -0.25) is 4.79 Å². The van der Waals surface area contributed by atoms with E-state index in [1.807, 2.05) is 13.8 Å². The summed E-state index contributed by atoms with van der Waals surface area (Å²) in [4.78, 5) is 14.3. The maximum Gasteiger partial charge on any atom is 0.222 e. The third-order valence-corrected chi connectivity index (χ3v) is 5.92. The van der Waals surface area contributed by atoms with Gasteiger partial charge in [0.25, 0.3) is 0 Å². The van der Waals surface area contributed by atoms with Crippen molar-refractivity contribution in [1.29, 1.82) is 0 Å². The van der Waals surface area contributed by atoms with Gasteiger partial charge in [0.2, 0.25) is 5.91 Å². The zero-order chi connectivity index (χ0) is 18.4. The van der Waals surface area contributed by atoms with Gasteiger partial charge >= 0.3 is 0 Å². The van der Waals surface area contributed by atoms with Crippen LogP contribution in [0.25, 0.3) is 0 Å². The van der Waals surface area contributed by atoms with Crippen LogP contribution in [0.15, 0.2) is 30.3 Å². The van der Waals surface area contributed by atoms with Crippen molar-refractivity contribution in [1.82, 2.24) is 10.2 Å². The fourth-order valence-corrected chi connectivity index (χ4v) is 4.16. The molecule has 0 radical (unpaired) electrons. The quantitative estimate of drug-likeness (QED) is 0.812. The highest BCUT2D eigenvalue weighted by molar-refractivity contribution is 5.77. The van der Waals surface area contributed by atoms with Crippen molar-refractivity contribution in [3.05, 3.63) is 35.9 Å². The van der Waals surface area contributed by atoms with E-state index in [2.05, 4.69) is 40.5 Å². The zero-order valence-electron chi connectivity index (χ0n) is 16.4. The lowest BCUT2D eigenvalue weighted by molar-refractivity contribution is -0.125. The molecule has 4 nitrogen and oxygen atoms in total. The molecule has 3 rings (SSSR count). The number of carbonyl (C=O) groups is 1. The molecule has 0 aromatic heterocycles. The van der Waals surface area contributed by atoms with Gasteiger partial charge in [-0.05, 0) is 50.6 Å². The van der Waals surface area contributed by atoms with Crippen LogP contribution in [0, 0.1) is 5.92 Å². The van der Waals surface area contributed by atoms with E-state index in [9.17, 15) is 4.79 Å². The number of hydrogen-bond acceptors (Lipinski definition) is 3. The van der Waals surface area contributed by atoms with Crippen LogP contribution in [-0.4, -0.2) is 48.7 Å². The van der Waals surface area contributed by atoms with Crippen molar-refractivity contribution >= 4 is 5.91 Å². The molecule has 144 valence electrons. The smallest absolute Gasteiger partial charge is 0.222 e. The average molecular weight is 359 g/mol. The van der Waals surface area contributed by atoms with Gasteiger partial charge in [-0.1, -0.05) is 44.2 Å². The molecule has 1 amide bonds. The fraction of sp³-hybridized carbons (Fsp3) is 0.682. The van der Waals surface area contributed by atoms with Gasteiger partial charge in [-0.15, -0.1) is 0 Å². The predicted molar refractivity (Wildman–Crippen MR) is 105 cm³/mol. The monoisotopic (exact) mass is 358 g/mol. The molecule has 2 heterocycles. The molecule has 1 aromatic rings. The van der Waals surface area contributed by atoms with Gasteiger partial charge in [0.05, 0.1) is 11.7 Å². The van der Waals surface area contributed by atoms with Crippen molar-refractivity contribution in [2.24, 2.45) is 5.92 Å². The van der Waals surface area contributed by atoms with E-state index in [-0.39, 0.29) is 23.5 Å². The van der Waals surface area contributed by atoms with Crippen molar-refractivity contribution < 1.29 is 9.53 Å². The van der Waals surface area contributed by atoms with Crippen molar-refractivity contribution in [3.63, 3.8) is 0 Å². The number of benzene rings is 1. The summed E-state index contributed by atoms with van der Waals surface area (Å²) < 4.78 is 6.40. The number of aryl methyl sites for hydroxylation is 1. The second-order valence-electron chi connectivity index (χ2n) is 8.29. The van der Waals surface area contributed by atoms with E-state index in [0.717, 1.165) is 45.2 Å². The Morgan fingerprint density at radius 2 is 1.96 bits per heavy atom. The summed E-state index contributed by atoms with van der Waals surface area (Å²) in [5.74, 6) is 0.173. The summed E-state index contributed by atoms with van der Waals surface area (Å²) in [5.41, 5.74) is 1.51. The molecule has 0 unspecified atom stereocenters. The second-order valence-corrected chi connectivity index (χ2v) is 8.29. The summed E-state index contributed by atoms with van der Waals surface area (Å²) >= 11 is 0. The van der Waals surface area contributed by atoms with E-state index in [4.69, 9.17) is 4.74 Å². The van der Waals surface area contributed by atoms with Gasteiger partial charge in [0.15, 0.2) is 0 Å². The normalized spacial score (nSPS) is 22.8. The van der Waals surface area contributed by atoms with Crippen LogP contribution in [0.1, 0.15) is 51.5 Å². The first-order chi connectivity index (χ1) is 12.6. The third kappa shape index (κ3) is 5.31. The topological polar surface area (TPSA) is 41.6 Å². The van der Waals surface area contributed by atoms with Crippen molar-refractivity contribution in [2.75, 3.05) is 26.2 Å². The summed E-state index contributed by atoms with van der Waals surface area (Å²) in [7, 11) is 0. The molecule has 1 N–H and O–H groups in total. The highest BCUT2D eigenvalue weighted by atomic mass is 16.5.